The molecule has 2 N–H and O–H groups in total. The van der Waals surface area contributed by atoms with Gasteiger partial charge in [0, 0.05) is 0 Å². The molecule has 5 nitrogen and oxygen atoms in total. The largest absolute Gasteiger partial charge is 0.397 e. The van der Waals surface area contributed by atoms with Gasteiger partial charge in [0.1, 0.15) is 6.07 Å². The van der Waals surface area contributed by atoms with Crippen molar-refractivity contribution < 1.29 is 12.6 Å². The number of nitriles is 1. The highest BCUT2D eigenvalue weighted by Gasteiger charge is 2.13. The van der Waals surface area contributed by atoms with E-state index in [2.05, 4.69) is 0 Å². The summed E-state index contributed by atoms with van der Waals surface area (Å²) < 4.78 is 26.8. The van der Waals surface area contributed by atoms with E-state index in [0.29, 0.717) is 17.7 Å². The standard InChI is InChI=1S/C12H16N2O3S/c1-8-4-10(6-11(7-13)12(8)14)5-9(2)17-18(3,15)16/h4,6,9H,5,14H2,1-3H3. The average Bonchev–Trinajstić information content (AvgIpc) is 2.20. The number of nitrogens with zero attached hydrogens (tertiary/aromatic N) is 1. The Balaban J connectivity index is 2.93. The normalized spacial score (nSPS) is 13.0. The van der Waals surface area contributed by atoms with E-state index in [9.17, 15) is 8.42 Å². The van der Waals surface area contributed by atoms with Crippen LogP contribution in [0.1, 0.15) is 23.6 Å². The van der Waals surface area contributed by atoms with Crippen molar-refractivity contribution in [2.24, 2.45) is 0 Å². The molecule has 0 amide bonds. The molecule has 0 spiro atoms. The van der Waals surface area contributed by atoms with Crippen molar-refractivity contribution in [2.45, 2.75) is 26.4 Å². The van der Waals surface area contributed by atoms with Crippen LogP contribution in [0.25, 0.3) is 0 Å². The van der Waals surface area contributed by atoms with Crippen LogP contribution in [0.2, 0.25) is 0 Å². The lowest BCUT2D eigenvalue weighted by molar-refractivity contribution is 0.232. The summed E-state index contributed by atoms with van der Waals surface area (Å²) in [6.45, 7) is 3.47. The second-order valence-electron chi connectivity index (χ2n) is 4.30. The summed E-state index contributed by atoms with van der Waals surface area (Å²) in [5.41, 5.74) is 8.23. The lowest BCUT2D eigenvalue weighted by Crippen LogP contribution is -2.16. The van der Waals surface area contributed by atoms with Gasteiger partial charge < -0.3 is 5.73 Å². The predicted octanol–water partition coefficient (Wildman–Crippen LogP) is 1.36. The van der Waals surface area contributed by atoms with Gasteiger partial charge in [-0.3, -0.25) is 4.18 Å². The Hall–Kier alpha value is -1.58. The third-order valence-corrected chi connectivity index (χ3v) is 3.11. The van der Waals surface area contributed by atoms with Crippen LogP contribution in [0.5, 0.6) is 0 Å². The molecule has 0 bridgehead atoms. The van der Waals surface area contributed by atoms with Crippen LogP contribution in [0, 0.1) is 18.3 Å². The molecule has 6 heteroatoms. The van der Waals surface area contributed by atoms with E-state index in [1.54, 1.807) is 13.0 Å². The Kier molecular flexibility index (Phi) is 4.33. The van der Waals surface area contributed by atoms with Crippen molar-refractivity contribution in [3.8, 4) is 6.07 Å². The number of anilines is 1. The maximum absolute atomic E-state index is 11.0. The molecule has 1 atom stereocenters. The van der Waals surface area contributed by atoms with Crippen LogP contribution in [-0.2, 0) is 20.7 Å². The minimum Gasteiger partial charge on any atom is -0.397 e. The smallest absolute Gasteiger partial charge is 0.264 e. The summed E-state index contributed by atoms with van der Waals surface area (Å²) in [5, 5.41) is 8.93. The van der Waals surface area contributed by atoms with E-state index >= 15 is 0 Å². The maximum Gasteiger partial charge on any atom is 0.264 e. The topological polar surface area (TPSA) is 93.2 Å². The molecule has 0 fully saturated rings. The molecule has 0 saturated heterocycles. The predicted molar refractivity (Wildman–Crippen MR) is 69.4 cm³/mol. The first-order valence-corrected chi connectivity index (χ1v) is 7.22. The van der Waals surface area contributed by atoms with Gasteiger partial charge in [0.2, 0.25) is 0 Å². The molecule has 0 aromatic heterocycles. The van der Waals surface area contributed by atoms with Gasteiger partial charge in [-0.1, -0.05) is 6.07 Å². The summed E-state index contributed by atoms with van der Waals surface area (Å²) in [6.07, 6.45) is 0.941. The summed E-state index contributed by atoms with van der Waals surface area (Å²) in [7, 11) is -3.47. The molecule has 0 radical (unpaired) electrons. The van der Waals surface area contributed by atoms with Crippen LogP contribution in [0.4, 0.5) is 5.69 Å². The SMILES string of the molecule is Cc1cc(CC(C)OS(C)(=O)=O)cc(C#N)c1N. The molecule has 0 aliphatic heterocycles. The van der Waals surface area contributed by atoms with E-state index in [0.717, 1.165) is 17.4 Å². The van der Waals surface area contributed by atoms with Crippen LogP contribution >= 0.6 is 0 Å². The summed E-state index contributed by atoms with van der Waals surface area (Å²) in [6, 6.07) is 5.50. The molecule has 0 aliphatic carbocycles. The highest BCUT2D eigenvalue weighted by molar-refractivity contribution is 7.86. The van der Waals surface area contributed by atoms with Gasteiger partial charge in [-0.25, -0.2) is 0 Å². The van der Waals surface area contributed by atoms with Crippen LogP contribution in [0.15, 0.2) is 12.1 Å². The second-order valence-corrected chi connectivity index (χ2v) is 5.90. The van der Waals surface area contributed by atoms with Gasteiger partial charge in [-0.2, -0.15) is 13.7 Å². The zero-order chi connectivity index (χ0) is 13.9. The molecule has 0 heterocycles. The molecular weight excluding hydrogens is 252 g/mol. The minimum atomic E-state index is -3.47. The molecule has 1 aromatic rings. The summed E-state index contributed by atoms with van der Waals surface area (Å²) >= 11 is 0. The number of nitrogens with two attached hydrogens (primary N) is 1. The molecule has 18 heavy (non-hydrogen) atoms. The molecule has 1 rings (SSSR count). The third-order valence-electron chi connectivity index (χ3n) is 2.43. The first-order chi connectivity index (χ1) is 8.23. The average molecular weight is 268 g/mol. The molecule has 0 aliphatic rings. The molecular formula is C12H16N2O3S. The Bertz CT molecular complexity index is 588. The van der Waals surface area contributed by atoms with Crippen molar-refractivity contribution in [3.63, 3.8) is 0 Å². The zero-order valence-electron chi connectivity index (χ0n) is 10.6. The Morgan fingerprint density at radius 1 is 1.50 bits per heavy atom. The van der Waals surface area contributed by atoms with Crippen LogP contribution in [0.3, 0.4) is 0 Å². The zero-order valence-corrected chi connectivity index (χ0v) is 11.4. The quantitative estimate of drug-likeness (QED) is 0.657. The Morgan fingerprint density at radius 2 is 2.11 bits per heavy atom. The van der Waals surface area contributed by atoms with Crippen molar-refractivity contribution in [3.05, 3.63) is 28.8 Å². The Morgan fingerprint density at radius 3 is 2.61 bits per heavy atom. The van der Waals surface area contributed by atoms with E-state index in [1.807, 2.05) is 19.1 Å². The third kappa shape index (κ3) is 4.02. The van der Waals surface area contributed by atoms with E-state index < -0.39 is 16.2 Å². The van der Waals surface area contributed by atoms with Crippen molar-refractivity contribution in [2.75, 3.05) is 12.0 Å². The van der Waals surface area contributed by atoms with Gasteiger partial charge in [-0.05, 0) is 37.5 Å². The minimum absolute atomic E-state index is 0.400. The first kappa shape index (κ1) is 14.5. The number of hydrogen-bond donors (Lipinski definition) is 1. The summed E-state index contributed by atoms with van der Waals surface area (Å²) in [4.78, 5) is 0. The lowest BCUT2D eigenvalue weighted by Gasteiger charge is -2.12. The van der Waals surface area contributed by atoms with Gasteiger partial charge in [-0.15, -0.1) is 0 Å². The molecule has 0 saturated carbocycles. The monoisotopic (exact) mass is 268 g/mol. The van der Waals surface area contributed by atoms with Gasteiger partial charge in [0.05, 0.1) is 23.6 Å². The molecule has 1 unspecified atom stereocenters. The Labute approximate surface area is 107 Å². The van der Waals surface area contributed by atoms with Gasteiger partial charge in [0.25, 0.3) is 10.1 Å². The number of hydrogen-bond acceptors (Lipinski definition) is 5. The highest BCUT2D eigenvalue weighted by Crippen LogP contribution is 2.20. The fourth-order valence-corrected chi connectivity index (χ4v) is 2.41. The fraction of sp³-hybridized carbons (Fsp3) is 0.417. The molecule has 1 aromatic carbocycles. The number of nitrogen functional groups attached to an aromatic ring is 1. The fourth-order valence-electron chi connectivity index (χ4n) is 1.75. The summed E-state index contributed by atoms with van der Waals surface area (Å²) in [5.74, 6) is 0. The van der Waals surface area contributed by atoms with Crippen LogP contribution < -0.4 is 5.73 Å². The van der Waals surface area contributed by atoms with Crippen molar-refractivity contribution >= 4 is 15.8 Å². The van der Waals surface area contributed by atoms with Crippen LogP contribution in [-0.4, -0.2) is 20.8 Å². The first-order valence-electron chi connectivity index (χ1n) is 5.40. The van der Waals surface area contributed by atoms with Gasteiger partial charge in [0.15, 0.2) is 0 Å². The number of benzene rings is 1. The molecule has 98 valence electrons. The van der Waals surface area contributed by atoms with E-state index in [4.69, 9.17) is 15.2 Å². The van der Waals surface area contributed by atoms with Crippen molar-refractivity contribution in [1.29, 1.82) is 5.26 Å². The highest BCUT2D eigenvalue weighted by atomic mass is 32.2. The second kappa shape index (κ2) is 5.38. The van der Waals surface area contributed by atoms with Crippen molar-refractivity contribution in [1.82, 2.24) is 0 Å². The lowest BCUT2D eigenvalue weighted by atomic mass is 10.0. The van der Waals surface area contributed by atoms with E-state index in [1.165, 1.54) is 0 Å². The maximum atomic E-state index is 11.0. The number of aryl methyl sites for hydroxylation is 1. The number of rotatable bonds is 4. The van der Waals surface area contributed by atoms with E-state index in [-0.39, 0.29) is 0 Å². The van der Waals surface area contributed by atoms with Gasteiger partial charge >= 0.3 is 0 Å².